The van der Waals surface area contributed by atoms with Gasteiger partial charge in [-0.15, -0.1) is 0 Å². The molecule has 5 N–H and O–H groups in total. The number of para-hydroxylation sites is 2. The second-order valence-electron chi connectivity index (χ2n) is 6.62. The van der Waals surface area contributed by atoms with Crippen molar-refractivity contribution in [3.8, 4) is 11.8 Å². The van der Waals surface area contributed by atoms with Crippen molar-refractivity contribution in [1.29, 1.82) is 5.26 Å². The zero-order chi connectivity index (χ0) is 22.0. The number of nitriles is 1. The van der Waals surface area contributed by atoms with E-state index in [1.807, 2.05) is 36.4 Å². The fourth-order valence-electron chi connectivity index (χ4n) is 3.26. The van der Waals surface area contributed by atoms with E-state index in [-0.39, 0.29) is 28.7 Å². The van der Waals surface area contributed by atoms with Crippen LogP contribution in [0.1, 0.15) is 11.4 Å². The fourth-order valence-corrected chi connectivity index (χ4v) is 3.47. The van der Waals surface area contributed by atoms with Crippen LogP contribution in [0.25, 0.3) is 16.6 Å². The lowest BCUT2D eigenvalue weighted by atomic mass is 10.2. The van der Waals surface area contributed by atoms with Gasteiger partial charge >= 0.3 is 0 Å². The summed E-state index contributed by atoms with van der Waals surface area (Å²) in [5.74, 6) is 0.669. The molecule has 0 amide bonds. The standard InChI is InChI=1S/C21H17ClN8O/c22-15-8-4-7-13-17(15)27-16(30(20(13)31)12-5-2-1-3-6-12)9-10-26-19-14(11-23)18(24)28-21(25)29-19/h1-8H,9-10H2,(H5,24,25,26,28,29). The Morgan fingerprint density at radius 2 is 1.84 bits per heavy atom. The van der Waals surface area contributed by atoms with Gasteiger partial charge in [0, 0.05) is 13.0 Å². The van der Waals surface area contributed by atoms with Crippen LogP contribution in [-0.4, -0.2) is 26.1 Å². The van der Waals surface area contributed by atoms with Gasteiger partial charge in [0.25, 0.3) is 5.56 Å². The molecule has 10 heteroatoms. The van der Waals surface area contributed by atoms with Crippen molar-refractivity contribution in [2.45, 2.75) is 6.42 Å². The quantitative estimate of drug-likeness (QED) is 0.435. The van der Waals surface area contributed by atoms with E-state index in [0.29, 0.717) is 40.4 Å². The monoisotopic (exact) mass is 432 g/mol. The van der Waals surface area contributed by atoms with Gasteiger partial charge in [0.1, 0.15) is 23.3 Å². The highest BCUT2D eigenvalue weighted by Crippen LogP contribution is 2.22. The summed E-state index contributed by atoms with van der Waals surface area (Å²) in [6.45, 7) is 0.305. The van der Waals surface area contributed by atoms with Crippen molar-refractivity contribution in [2.24, 2.45) is 0 Å². The zero-order valence-corrected chi connectivity index (χ0v) is 17.0. The lowest BCUT2D eigenvalue weighted by Crippen LogP contribution is -2.25. The van der Waals surface area contributed by atoms with Crippen LogP contribution in [0.2, 0.25) is 5.02 Å². The van der Waals surface area contributed by atoms with Gasteiger partial charge < -0.3 is 16.8 Å². The maximum absolute atomic E-state index is 13.3. The second-order valence-corrected chi connectivity index (χ2v) is 7.03. The van der Waals surface area contributed by atoms with E-state index in [1.54, 1.807) is 22.8 Å². The first-order chi connectivity index (χ1) is 15.0. The molecule has 0 fully saturated rings. The first-order valence-corrected chi connectivity index (χ1v) is 9.70. The maximum atomic E-state index is 13.3. The normalized spacial score (nSPS) is 10.7. The Hall–Kier alpha value is -4.16. The highest BCUT2D eigenvalue weighted by atomic mass is 35.5. The summed E-state index contributed by atoms with van der Waals surface area (Å²) >= 11 is 6.30. The minimum atomic E-state index is -0.220. The fraction of sp³-hybridized carbons (Fsp3) is 0.0952. The molecule has 0 saturated heterocycles. The summed E-state index contributed by atoms with van der Waals surface area (Å²) in [6.07, 6.45) is 0.333. The number of aromatic nitrogens is 4. The number of hydrogen-bond acceptors (Lipinski definition) is 8. The first kappa shape index (κ1) is 20.1. The summed E-state index contributed by atoms with van der Waals surface area (Å²) < 4.78 is 1.55. The minimum Gasteiger partial charge on any atom is -0.382 e. The average Bonchev–Trinajstić information content (AvgIpc) is 2.75. The van der Waals surface area contributed by atoms with Crippen LogP contribution in [0.5, 0.6) is 0 Å². The Morgan fingerprint density at radius 3 is 2.58 bits per heavy atom. The van der Waals surface area contributed by atoms with Crippen molar-refractivity contribution in [2.75, 3.05) is 23.3 Å². The third-order valence-electron chi connectivity index (χ3n) is 4.64. The number of anilines is 3. The summed E-state index contributed by atoms with van der Waals surface area (Å²) in [5.41, 5.74) is 12.4. The number of nitrogens with two attached hydrogens (primary N) is 2. The van der Waals surface area contributed by atoms with Gasteiger partial charge in [-0.05, 0) is 24.3 Å². The smallest absolute Gasteiger partial charge is 0.266 e. The van der Waals surface area contributed by atoms with Crippen molar-refractivity contribution in [3.63, 3.8) is 0 Å². The molecule has 0 saturated carbocycles. The van der Waals surface area contributed by atoms with Gasteiger partial charge in [-0.1, -0.05) is 35.9 Å². The molecule has 31 heavy (non-hydrogen) atoms. The third kappa shape index (κ3) is 3.84. The number of rotatable bonds is 5. The SMILES string of the molecule is N#Cc1c(N)nc(N)nc1NCCc1nc2c(Cl)cccc2c(=O)n1-c1ccccc1. The predicted molar refractivity (Wildman–Crippen MR) is 120 cm³/mol. The van der Waals surface area contributed by atoms with E-state index in [1.165, 1.54) is 0 Å². The number of hydrogen-bond donors (Lipinski definition) is 3. The predicted octanol–water partition coefficient (Wildman–Crippen LogP) is 2.52. The molecule has 4 aromatic rings. The second kappa shape index (κ2) is 8.30. The van der Waals surface area contributed by atoms with Crippen LogP contribution in [0.3, 0.4) is 0 Å². The van der Waals surface area contributed by atoms with Gasteiger partial charge in [0.15, 0.2) is 5.82 Å². The lowest BCUT2D eigenvalue weighted by Gasteiger charge is -2.15. The minimum absolute atomic E-state index is 0.00527. The van der Waals surface area contributed by atoms with E-state index in [9.17, 15) is 10.1 Å². The highest BCUT2D eigenvalue weighted by molar-refractivity contribution is 6.34. The van der Waals surface area contributed by atoms with Crippen molar-refractivity contribution in [1.82, 2.24) is 19.5 Å². The topological polar surface area (TPSA) is 149 Å². The third-order valence-corrected chi connectivity index (χ3v) is 4.95. The molecule has 0 radical (unpaired) electrons. The number of halogens is 1. The number of nitrogens with one attached hydrogen (secondary N) is 1. The van der Waals surface area contributed by atoms with Gasteiger partial charge in [-0.2, -0.15) is 15.2 Å². The highest BCUT2D eigenvalue weighted by Gasteiger charge is 2.15. The lowest BCUT2D eigenvalue weighted by molar-refractivity contribution is 0.809. The zero-order valence-electron chi connectivity index (χ0n) is 16.2. The summed E-state index contributed by atoms with van der Waals surface area (Å²) in [7, 11) is 0. The van der Waals surface area contributed by atoms with Crippen LogP contribution in [0, 0.1) is 11.3 Å². The summed E-state index contributed by atoms with van der Waals surface area (Å²) in [6, 6.07) is 16.3. The van der Waals surface area contributed by atoms with Gasteiger partial charge in [0.2, 0.25) is 5.95 Å². The number of benzene rings is 2. The Morgan fingerprint density at radius 1 is 1.06 bits per heavy atom. The van der Waals surface area contributed by atoms with Crippen molar-refractivity contribution >= 4 is 40.1 Å². The summed E-state index contributed by atoms with van der Waals surface area (Å²) in [4.78, 5) is 25.8. The van der Waals surface area contributed by atoms with Crippen LogP contribution in [0.4, 0.5) is 17.6 Å². The largest absolute Gasteiger partial charge is 0.382 e. The average molecular weight is 433 g/mol. The van der Waals surface area contributed by atoms with E-state index in [0.717, 1.165) is 0 Å². The van der Waals surface area contributed by atoms with Crippen LogP contribution < -0.4 is 22.3 Å². The number of fused-ring (bicyclic) bond motifs is 1. The molecule has 0 aliphatic carbocycles. The molecule has 0 spiro atoms. The molecule has 154 valence electrons. The van der Waals surface area contributed by atoms with Gasteiger partial charge in [-0.25, -0.2) is 4.98 Å². The molecule has 4 rings (SSSR count). The Bertz CT molecular complexity index is 1380. The van der Waals surface area contributed by atoms with Crippen LogP contribution in [-0.2, 0) is 6.42 Å². The number of nitrogens with zero attached hydrogens (tertiary/aromatic N) is 5. The molecule has 9 nitrogen and oxygen atoms in total. The molecule has 0 aliphatic heterocycles. The van der Waals surface area contributed by atoms with Gasteiger partial charge in [0.05, 0.1) is 21.6 Å². The first-order valence-electron chi connectivity index (χ1n) is 9.32. The van der Waals surface area contributed by atoms with Crippen molar-refractivity contribution in [3.05, 3.63) is 75.3 Å². The maximum Gasteiger partial charge on any atom is 0.266 e. The molecule has 2 aromatic heterocycles. The van der Waals surface area contributed by atoms with E-state index in [2.05, 4.69) is 20.3 Å². The van der Waals surface area contributed by atoms with Crippen molar-refractivity contribution < 1.29 is 0 Å². The molecule has 0 unspecified atom stereocenters. The van der Waals surface area contributed by atoms with E-state index < -0.39 is 0 Å². The van der Waals surface area contributed by atoms with Crippen LogP contribution in [0.15, 0.2) is 53.3 Å². The molecule has 0 aliphatic rings. The molecular weight excluding hydrogens is 416 g/mol. The summed E-state index contributed by atoms with van der Waals surface area (Å²) in [5, 5.41) is 13.2. The molecule has 2 aromatic carbocycles. The Balaban J connectivity index is 1.75. The molecule has 0 bridgehead atoms. The molecule has 0 atom stereocenters. The Labute approximate surface area is 181 Å². The van der Waals surface area contributed by atoms with Gasteiger partial charge in [-0.3, -0.25) is 9.36 Å². The Kier molecular flexibility index (Phi) is 5.39. The number of nitrogen functional groups attached to an aromatic ring is 2. The van der Waals surface area contributed by atoms with E-state index in [4.69, 9.17) is 23.1 Å². The van der Waals surface area contributed by atoms with Crippen LogP contribution >= 0.6 is 11.6 Å². The molecular formula is C21H17ClN8O. The molecule has 2 heterocycles. The van der Waals surface area contributed by atoms with E-state index >= 15 is 0 Å².